The lowest BCUT2D eigenvalue weighted by Crippen LogP contribution is -1.92. The Labute approximate surface area is 137 Å². The molecule has 24 heavy (non-hydrogen) atoms. The molecule has 4 aromatic rings. The average molecular weight is 319 g/mol. The molecule has 0 saturated carbocycles. The third-order valence-corrected chi connectivity index (χ3v) is 3.76. The zero-order chi connectivity index (χ0) is 16.5. The van der Waals surface area contributed by atoms with Crippen LogP contribution in [0.1, 0.15) is 0 Å². The molecule has 0 amide bonds. The van der Waals surface area contributed by atoms with Crippen molar-refractivity contribution < 1.29 is 9.50 Å². The van der Waals surface area contributed by atoms with Crippen molar-refractivity contribution >= 4 is 22.4 Å². The van der Waals surface area contributed by atoms with Crippen LogP contribution in [0.25, 0.3) is 22.2 Å². The Morgan fingerprint density at radius 1 is 1.00 bits per heavy atom. The lowest BCUT2D eigenvalue weighted by Gasteiger charge is -2.05. The highest BCUT2D eigenvalue weighted by molar-refractivity contribution is 5.87. The van der Waals surface area contributed by atoms with Gasteiger partial charge in [-0.1, -0.05) is 18.2 Å². The van der Waals surface area contributed by atoms with Gasteiger partial charge in [0, 0.05) is 40.7 Å². The standard InChI is InChI=1S/C19H14FN3O/c20-14-4-1-3-12(7-14)17-8-13-11-21-19(10-18(13)23-17)22-15-5-2-6-16(24)9-15/h1-11,23-24H,(H,21,22). The highest BCUT2D eigenvalue weighted by Crippen LogP contribution is 2.27. The molecule has 0 aliphatic rings. The van der Waals surface area contributed by atoms with E-state index in [0.717, 1.165) is 27.8 Å². The average Bonchev–Trinajstić information content (AvgIpc) is 2.98. The van der Waals surface area contributed by atoms with Gasteiger partial charge in [0.2, 0.25) is 0 Å². The molecule has 2 aromatic carbocycles. The van der Waals surface area contributed by atoms with E-state index >= 15 is 0 Å². The number of pyridine rings is 1. The van der Waals surface area contributed by atoms with E-state index < -0.39 is 0 Å². The Bertz CT molecular complexity index is 1030. The first-order valence-corrected chi connectivity index (χ1v) is 7.48. The number of hydrogen-bond acceptors (Lipinski definition) is 3. The van der Waals surface area contributed by atoms with Gasteiger partial charge in [-0.2, -0.15) is 0 Å². The molecule has 118 valence electrons. The van der Waals surface area contributed by atoms with Crippen LogP contribution in [-0.2, 0) is 0 Å². The van der Waals surface area contributed by atoms with Gasteiger partial charge in [-0.15, -0.1) is 0 Å². The van der Waals surface area contributed by atoms with E-state index in [0.29, 0.717) is 5.82 Å². The number of aromatic hydroxyl groups is 1. The molecule has 0 aliphatic heterocycles. The van der Waals surface area contributed by atoms with Gasteiger partial charge in [0.25, 0.3) is 0 Å². The molecule has 0 unspecified atom stereocenters. The maximum atomic E-state index is 13.4. The fraction of sp³-hybridized carbons (Fsp3) is 0. The molecule has 4 nitrogen and oxygen atoms in total. The largest absolute Gasteiger partial charge is 0.508 e. The summed E-state index contributed by atoms with van der Waals surface area (Å²) in [6.07, 6.45) is 1.75. The maximum Gasteiger partial charge on any atom is 0.132 e. The number of aromatic amines is 1. The summed E-state index contributed by atoms with van der Waals surface area (Å²) in [5.41, 5.74) is 3.26. The summed E-state index contributed by atoms with van der Waals surface area (Å²) in [4.78, 5) is 7.65. The third-order valence-electron chi connectivity index (χ3n) is 3.76. The van der Waals surface area contributed by atoms with Gasteiger partial charge in [0.05, 0.1) is 5.52 Å². The van der Waals surface area contributed by atoms with Crippen LogP contribution in [-0.4, -0.2) is 15.1 Å². The molecular weight excluding hydrogens is 305 g/mol. The lowest BCUT2D eigenvalue weighted by atomic mass is 10.1. The van der Waals surface area contributed by atoms with Gasteiger partial charge < -0.3 is 15.4 Å². The molecule has 0 bridgehead atoms. The van der Waals surface area contributed by atoms with Crippen LogP contribution in [0.5, 0.6) is 5.75 Å². The van der Waals surface area contributed by atoms with E-state index in [4.69, 9.17) is 0 Å². The van der Waals surface area contributed by atoms with Gasteiger partial charge in [0.1, 0.15) is 17.4 Å². The number of phenolic OH excluding ortho intramolecular Hbond substituents is 1. The first-order valence-electron chi connectivity index (χ1n) is 7.48. The van der Waals surface area contributed by atoms with Crippen LogP contribution in [0.2, 0.25) is 0 Å². The van der Waals surface area contributed by atoms with Crippen molar-refractivity contribution in [1.82, 2.24) is 9.97 Å². The molecule has 2 aromatic heterocycles. The Morgan fingerprint density at radius 2 is 1.88 bits per heavy atom. The fourth-order valence-corrected chi connectivity index (χ4v) is 2.64. The highest BCUT2D eigenvalue weighted by atomic mass is 19.1. The highest BCUT2D eigenvalue weighted by Gasteiger charge is 2.06. The van der Waals surface area contributed by atoms with E-state index in [1.54, 1.807) is 30.5 Å². The normalized spacial score (nSPS) is 10.9. The monoisotopic (exact) mass is 319 g/mol. The SMILES string of the molecule is Oc1cccc(Nc2cc3[nH]c(-c4cccc(F)c4)cc3cn2)c1. The first kappa shape index (κ1) is 14.3. The summed E-state index contributed by atoms with van der Waals surface area (Å²) in [5.74, 6) is 0.575. The Morgan fingerprint density at radius 3 is 2.71 bits per heavy atom. The van der Waals surface area contributed by atoms with Gasteiger partial charge in [-0.25, -0.2) is 9.37 Å². The first-order chi connectivity index (χ1) is 11.7. The number of rotatable bonds is 3. The van der Waals surface area contributed by atoms with Gasteiger partial charge in [-0.05, 0) is 30.3 Å². The molecule has 0 aliphatic carbocycles. The van der Waals surface area contributed by atoms with Crippen molar-refractivity contribution in [3.63, 3.8) is 0 Å². The Hall–Kier alpha value is -3.34. The third kappa shape index (κ3) is 2.79. The predicted octanol–water partition coefficient (Wildman–Crippen LogP) is 4.82. The van der Waals surface area contributed by atoms with Gasteiger partial charge in [0.15, 0.2) is 0 Å². The zero-order valence-corrected chi connectivity index (χ0v) is 12.6. The van der Waals surface area contributed by atoms with Crippen LogP contribution >= 0.6 is 0 Å². The van der Waals surface area contributed by atoms with Crippen LogP contribution in [0.3, 0.4) is 0 Å². The molecule has 0 fully saturated rings. The van der Waals surface area contributed by atoms with E-state index in [1.807, 2.05) is 24.3 Å². The zero-order valence-electron chi connectivity index (χ0n) is 12.6. The molecule has 0 atom stereocenters. The van der Waals surface area contributed by atoms with Gasteiger partial charge in [-0.3, -0.25) is 0 Å². The molecule has 0 spiro atoms. The number of anilines is 2. The number of halogens is 1. The number of hydrogen-bond donors (Lipinski definition) is 3. The molecule has 4 rings (SSSR count). The quantitative estimate of drug-likeness (QED) is 0.507. The second kappa shape index (κ2) is 5.70. The van der Waals surface area contributed by atoms with Crippen LogP contribution < -0.4 is 5.32 Å². The molecule has 0 saturated heterocycles. The number of H-pyrrole nitrogens is 1. The van der Waals surface area contributed by atoms with Crippen molar-refractivity contribution in [2.45, 2.75) is 0 Å². The Balaban J connectivity index is 1.68. The maximum absolute atomic E-state index is 13.4. The summed E-state index contributed by atoms with van der Waals surface area (Å²) < 4.78 is 13.4. The minimum atomic E-state index is -0.268. The van der Waals surface area contributed by atoms with Crippen molar-refractivity contribution in [3.8, 4) is 17.0 Å². The summed E-state index contributed by atoms with van der Waals surface area (Å²) in [7, 11) is 0. The smallest absolute Gasteiger partial charge is 0.132 e. The van der Waals surface area contributed by atoms with E-state index in [1.165, 1.54) is 12.1 Å². The minimum Gasteiger partial charge on any atom is -0.508 e. The summed E-state index contributed by atoms with van der Waals surface area (Å²) in [5, 5.41) is 13.6. The fourth-order valence-electron chi connectivity index (χ4n) is 2.64. The van der Waals surface area contributed by atoms with E-state index in [-0.39, 0.29) is 11.6 Å². The number of benzene rings is 2. The van der Waals surface area contributed by atoms with Crippen LogP contribution in [0.15, 0.2) is 66.9 Å². The summed E-state index contributed by atoms with van der Waals surface area (Å²) in [6.45, 7) is 0. The molecule has 5 heteroatoms. The van der Waals surface area contributed by atoms with E-state index in [2.05, 4.69) is 15.3 Å². The topological polar surface area (TPSA) is 60.9 Å². The van der Waals surface area contributed by atoms with Crippen molar-refractivity contribution in [1.29, 1.82) is 0 Å². The van der Waals surface area contributed by atoms with Crippen LogP contribution in [0, 0.1) is 5.82 Å². The summed E-state index contributed by atoms with van der Waals surface area (Å²) >= 11 is 0. The van der Waals surface area contributed by atoms with Crippen LogP contribution in [0.4, 0.5) is 15.9 Å². The number of aromatic nitrogens is 2. The van der Waals surface area contributed by atoms with Crippen molar-refractivity contribution in [2.75, 3.05) is 5.32 Å². The van der Waals surface area contributed by atoms with Crippen molar-refractivity contribution in [2.24, 2.45) is 0 Å². The Kier molecular flexibility index (Phi) is 3.39. The second-order valence-electron chi connectivity index (χ2n) is 5.53. The molecule has 0 radical (unpaired) electrons. The number of nitrogens with zero attached hydrogens (tertiary/aromatic N) is 1. The molecule has 3 N–H and O–H groups in total. The van der Waals surface area contributed by atoms with E-state index in [9.17, 15) is 9.50 Å². The van der Waals surface area contributed by atoms with Gasteiger partial charge >= 0.3 is 0 Å². The molecular formula is C19H14FN3O. The predicted molar refractivity (Wildman–Crippen MR) is 92.9 cm³/mol. The van der Waals surface area contributed by atoms with Crippen molar-refractivity contribution in [3.05, 3.63) is 72.7 Å². The number of fused-ring (bicyclic) bond motifs is 1. The second-order valence-corrected chi connectivity index (χ2v) is 5.53. The summed E-state index contributed by atoms with van der Waals surface area (Å²) in [6, 6.07) is 17.1. The lowest BCUT2D eigenvalue weighted by molar-refractivity contribution is 0.475. The molecule has 2 heterocycles. The number of nitrogens with one attached hydrogen (secondary N) is 2. The minimum absolute atomic E-state index is 0.189. The number of phenols is 1.